The molecule has 0 saturated carbocycles. The molecule has 2 saturated heterocycles. The van der Waals surface area contributed by atoms with Gasteiger partial charge in [-0.25, -0.2) is 0 Å². The first-order valence-corrected chi connectivity index (χ1v) is 8.80. The quantitative estimate of drug-likeness (QED) is 0.887. The third-order valence-electron chi connectivity index (χ3n) is 4.84. The van der Waals surface area contributed by atoms with E-state index in [9.17, 15) is 0 Å². The van der Waals surface area contributed by atoms with Crippen molar-refractivity contribution in [1.82, 2.24) is 20.0 Å². The Morgan fingerprint density at radius 3 is 3.21 bits per heavy atom. The molecule has 1 aromatic heterocycles. The molecule has 1 aromatic carbocycles. The van der Waals surface area contributed by atoms with Crippen molar-refractivity contribution in [3.8, 4) is 0 Å². The van der Waals surface area contributed by atoms with Gasteiger partial charge >= 0.3 is 0 Å². The van der Waals surface area contributed by atoms with Crippen LogP contribution in [0.2, 0.25) is 5.02 Å². The Bertz CT molecular complexity index is 725. The minimum atomic E-state index is -0.261. The number of ether oxygens (including phenoxy) is 2. The van der Waals surface area contributed by atoms with E-state index >= 15 is 0 Å². The van der Waals surface area contributed by atoms with E-state index in [0.717, 1.165) is 61.0 Å². The van der Waals surface area contributed by atoms with Crippen LogP contribution in [0.4, 0.5) is 0 Å². The Balaban J connectivity index is 1.57. The van der Waals surface area contributed by atoms with Crippen molar-refractivity contribution in [1.29, 1.82) is 0 Å². The number of halogens is 1. The number of hydrogen-bond donors (Lipinski definition) is 1. The van der Waals surface area contributed by atoms with Crippen LogP contribution in [0.1, 0.15) is 5.69 Å². The van der Waals surface area contributed by atoms with Crippen molar-refractivity contribution in [3.63, 3.8) is 0 Å². The summed E-state index contributed by atoms with van der Waals surface area (Å²) in [5.74, 6) is 0. The summed E-state index contributed by atoms with van der Waals surface area (Å²) >= 11 is 6.43. The molecule has 1 atom stereocenters. The summed E-state index contributed by atoms with van der Waals surface area (Å²) in [7, 11) is 1.96. The first-order valence-electron chi connectivity index (χ1n) is 8.42. The van der Waals surface area contributed by atoms with E-state index < -0.39 is 0 Å². The first-order chi connectivity index (χ1) is 11.7. The highest BCUT2D eigenvalue weighted by Gasteiger charge is 2.38. The molecule has 1 unspecified atom stereocenters. The standard InChI is InChI=1S/C17H23ClN4O2/c1-21-15-4-2-3-13(18)16(15)14(20-21)9-22-6-8-24-17(11-22)10-19-5-7-23-12-17/h2-4,19H,5-12H2,1H3. The predicted octanol–water partition coefficient (Wildman–Crippen LogP) is 1.42. The molecule has 3 heterocycles. The highest BCUT2D eigenvalue weighted by Crippen LogP contribution is 2.28. The summed E-state index contributed by atoms with van der Waals surface area (Å²) in [6.07, 6.45) is 0. The molecule has 24 heavy (non-hydrogen) atoms. The topological polar surface area (TPSA) is 51.5 Å². The van der Waals surface area contributed by atoms with Crippen LogP contribution in [0.3, 0.4) is 0 Å². The van der Waals surface area contributed by atoms with E-state index in [2.05, 4.69) is 16.3 Å². The lowest BCUT2D eigenvalue weighted by atomic mass is 10.0. The summed E-state index contributed by atoms with van der Waals surface area (Å²) in [5, 5.41) is 9.93. The molecule has 0 aliphatic carbocycles. The van der Waals surface area contributed by atoms with Gasteiger partial charge in [-0.2, -0.15) is 5.10 Å². The van der Waals surface area contributed by atoms with E-state index in [-0.39, 0.29) is 5.60 Å². The van der Waals surface area contributed by atoms with E-state index in [1.54, 1.807) is 0 Å². The van der Waals surface area contributed by atoms with Crippen molar-refractivity contribution >= 4 is 22.5 Å². The molecule has 1 spiro atoms. The van der Waals surface area contributed by atoms with Crippen LogP contribution in [-0.2, 0) is 23.1 Å². The summed E-state index contributed by atoms with van der Waals surface area (Å²) in [6.45, 7) is 6.30. The average molecular weight is 351 g/mol. The van der Waals surface area contributed by atoms with E-state index in [4.69, 9.17) is 26.2 Å². The summed E-state index contributed by atoms with van der Waals surface area (Å²) in [5.41, 5.74) is 1.83. The molecule has 6 nitrogen and oxygen atoms in total. The predicted molar refractivity (Wildman–Crippen MR) is 93.4 cm³/mol. The Morgan fingerprint density at radius 2 is 2.29 bits per heavy atom. The molecular formula is C17H23ClN4O2. The number of aromatic nitrogens is 2. The van der Waals surface area contributed by atoms with Gasteiger partial charge in [-0.15, -0.1) is 0 Å². The molecular weight excluding hydrogens is 328 g/mol. The monoisotopic (exact) mass is 350 g/mol. The molecule has 0 amide bonds. The van der Waals surface area contributed by atoms with Gasteiger partial charge in [-0.05, 0) is 12.1 Å². The van der Waals surface area contributed by atoms with Crippen LogP contribution in [0.5, 0.6) is 0 Å². The highest BCUT2D eigenvalue weighted by molar-refractivity contribution is 6.35. The maximum Gasteiger partial charge on any atom is 0.116 e. The van der Waals surface area contributed by atoms with E-state index in [0.29, 0.717) is 13.2 Å². The van der Waals surface area contributed by atoms with Gasteiger partial charge in [0.25, 0.3) is 0 Å². The molecule has 0 bridgehead atoms. The minimum absolute atomic E-state index is 0.261. The summed E-state index contributed by atoms with van der Waals surface area (Å²) < 4.78 is 13.7. The zero-order chi connectivity index (χ0) is 16.6. The van der Waals surface area contributed by atoms with Gasteiger partial charge in [0.2, 0.25) is 0 Å². The SMILES string of the molecule is Cn1nc(CN2CCOC3(CNCCOC3)C2)c2c(Cl)cccc21. The number of nitrogens with one attached hydrogen (secondary N) is 1. The van der Waals surface area contributed by atoms with Gasteiger partial charge in [-0.1, -0.05) is 17.7 Å². The maximum absolute atomic E-state index is 6.43. The van der Waals surface area contributed by atoms with Gasteiger partial charge in [0.05, 0.1) is 36.1 Å². The van der Waals surface area contributed by atoms with Crippen LogP contribution >= 0.6 is 11.6 Å². The van der Waals surface area contributed by atoms with E-state index in [1.165, 1.54) is 0 Å². The van der Waals surface area contributed by atoms with Crippen molar-refractivity contribution in [3.05, 3.63) is 28.9 Å². The summed E-state index contributed by atoms with van der Waals surface area (Å²) in [4.78, 5) is 2.39. The second-order valence-electron chi connectivity index (χ2n) is 6.68. The third kappa shape index (κ3) is 3.05. The maximum atomic E-state index is 6.43. The van der Waals surface area contributed by atoms with Gasteiger partial charge in [0.1, 0.15) is 5.60 Å². The Morgan fingerprint density at radius 1 is 1.38 bits per heavy atom. The number of rotatable bonds is 2. The van der Waals surface area contributed by atoms with Crippen molar-refractivity contribution in [2.45, 2.75) is 12.1 Å². The fraction of sp³-hybridized carbons (Fsp3) is 0.588. The number of fused-ring (bicyclic) bond motifs is 1. The molecule has 7 heteroatoms. The van der Waals surface area contributed by atoms with Gasteiger partial charge in [-0.3, -0.25) is 9.58 Å². The Kier molecular flexibility index (Phi) is 4.49. The van der Waals surface area contributed by atoms with Crippen LogP contribution < -0.4 is 5.32 Å². The van der Waals surface area contributed by atoms with Crippen LogP contribution in [0, 0.1) is 0 Å². The zero-order valence-corrected chi connectivity index (χ0v) is 14.7. The molecule has 0 radical (unpaired) electrons. The van der Waals surface area contributed by atoms with Crippen molar-refractivity contribution in [2.75, 3.05) is 46.0 Å². The van der Waals surface area contributed by atoms with Gasteiger partial charge < -0.3 is 14.8 Å². The fourth-order valence-electron chi connectivity index (χ4n) is 3.70. The van der Waals surface area contributed by atoms with Crippen LogP contribution in [-0.4, -0.2) is 66.3 Å². The number of nitrogens with zero attached hydrogens (tertiary/aromatic N) is 3. The average Bonchev–Trinajstić information content (AvgIpc) is 2.74. The molecule has 130 valence electrons. The fourth-order valence-corrected chi connectivity index (χ4v) is 3.98. The first kappa shape index (κ1) is 16.3. The number of hydrogen-bond acceptors (Lipinski definition) is 5. The highest BCUT2D eigenvalue weighted by atomic mass is 35.5. The second kappa shape index (κ2) is 6.61. The lowest BCUT2D eigenvalue weighted by molar-refractivity contribution is -0.135. The van der Waals surface area contributed by atoms with Crippen molar-refractivity contribution in [2.24, 2.45) is 7.05 Å². The van der Waals surface area contributed by atoms with Gasteiger partial charge in [0, 0.05) is 45.2 Å². The molecule has 2 aromatic rings. The normalized spacial score (nSPS) is 26.1. The van der Waals surface area contributed by atoms with Crippen molar-refractivity contribution < 1.29 is 9.47 Å². The molecule has 1 N–H and O–H groups in total. The molecule has 2 aliphatic rings. The lowest BCUT2D eigenvalue weighted by Crippen LogP contribution is -2.57. The minimum Gasteiger partial charge on any atom is -0.377 e. The molecule has 4 rings (SSSR count). The smallest absolute Gasteiger partial charge is 0.116 e. The number of aryl methyl sites for hydroxylation is 1. The Labute approximate surface area is 146 Å². The molecule has 2 aliphatic heterocycles. The van der Waals surface area contributed by atoms with E-state index in [1.807, 2.05) is 23.9 Å². The third-order valence-corrected chi connectivity index (χ3v) is 5.15. The largest absolute Gasteiger partial charge is 0.377 e. The van der Waals surface area contributed by atoms with Crippen LogP contribution in [0.15, 0.2) is 18.2 Å². The second-order valence-corrected chi connectivity index (χ2v) is 7.08. The Hall–Kier alpha value is -1.18. The summed E-state index contributed by atoms with van der Waals surface area (Å²) in [6, 6.07) is 5.95. The van der Waals surface area contributed by atoms with Gasteiger partial charge in [0.15, 0.2) is 0 Å². The lowest BCUT2D eigenvalue weighted by Gasteiger charge is -2.41. The molecule has 2 fully saturated rings. The number of morpholine rings is 1. The zero-order valence-electron chi connectivity index (χ0n) is 13.9. The number of benzene rings is 1. The van der Waals surface area contributed by atoms with Crippen LogP contribution in [0.25, 0.3) is 10.9 Å².